The minimum atomic E-state index is -0.0293. The number of piperazine rings is 1. The highest BCUT2D eigenvalue weighted by atomic mass is 16.2. The van der Waals surface area contributed by atoms with Gasteiger partial charge in [0.15, 0.2) is 11.4 Å². The summed E-state index contributed by atoms with van der Waals surface area (Å²) < 4.78 is 5.43. The number of hydrogen-bond acceptors (Lipinski definition) is 6. The van der Waals surface area contributed by atoms with Gasteiger partial charge in [-0.05, 0) is 56.2 Å². The summed E-state index contributed by atoms with van der Waals surface area (Å²) in [5.74, 6) is 0.994. The fraction of sp³-hybridized carbons (Fsp3) is 0.429. The van der Waals surface area contributed by atoms with Crippen molar-refractivity contribution in [3.63, 3.8) is 0 Å². The van der Waals surface area contributed by atoms with Crippen molar-refractivity contribution in [1.29, 1.82) is 0 Å². The molecule has 4 aromatic rings. The molecule has 0 radical (unpaired) electrons. The molecule has 9 heteroatoms. The number of pyridine rings is 1. The topological polar surface area (TPSA) is 81.2 Å². The second kappa shape index (κ2) is 9.53. The first-order valence-corrected chi connectivity index (χ1v) is 13.2. The molecule has 0 amide bonds. The lowest BCUT2D eigenvalue weighted by molar-refractivity contribution is 0.101. The highest BCUT2D eigenvalue weighted by molar-refractivity contribution is 5.94. The van der Waals surface area contributed by atoms with Crippen LogP contribution in [0.1, 0.15) is 55.4 Å². The van der Waals surface area contributed by atoms with Gasteiger partial charge in [0.25, 0.3) is 0 Å². The van der Waals surface area contributed by atoms with Gasteiger partial charge in [-0.25, -0.2) is 9.78 Å². The maximum atomic E-state index is 13.8. The predicted octanol–water partition coefficient (Wildman–Crippen LogP) is 3.96. The van der Waals surface area contributed by atoms with Crippen molar-refractivity contribution in [2.24, 2.45) is 7.05 Å². The highest BCUT2D eigenvalue weighted by Gasteiger charge is 2.26. The number of carbonyl (C=O) groups excluding carboxylic acids is 1. The number of benzene rings is 1. The number of ketones is 1. The molecule has 0 bridgehead atoms. The summed E-state index contributed by atoms with van der Waals surface area (Å²) in [5.41, 5.74) is 4.20. The van der Waals surface area contributed by atoms with Crippen LogP contribution in [0.4, 0.5) is 11.5 Å². The van der Waals surface area contributed by atoms with Gasteiger partial charge in [0.2, 0.25) is 0 Å². The molecule has 9 nitrogen and oxygen atoms in total. The third-order valence-electron chi connectivity index (χ3n) is 7.84. The first-order chi connectivity index (χ1) is 18.0. The van der Waals surface area contributed by atoms with E-state index in [2.05, 4.69) is 14.9 Å². The van der Waals surface area contributed by atoms with E-state index in [1.807, 2.05) is 54.2 Å². The molecule has 37 heavy (non-hydrogen) atoms. The molecule has 192 valence electrons. The zero-order valence-electron chi connectivity index (χ0n) is 21.5. The molecule has 1 saturated carbocycles. The zero-order valence-corrected chi connectivity index (χ0v) is 21.5. The number of Topliss-reactive ketones (excluding diaryl/α,β-unsaturated/α-hetero) is 1. The number of rotatable bonds is 5. The number of aryl methyl sites for hydroxylation is 1. The van der Waals surface area contributed by atoms with Crippen molar-refractivity contribution in [2.45, 2.75) is 45.1 Å². The largest absolute Gasteiger partial charge is 0.368 e. The Morgan fingerprint density at radius 2 is 1.59 bits per heavy atom. The first-order valence-electron chi connectivity index (χ1n) is 13.2. The highest BCUT2D eigenvalue weighted by Crippen LogP contribution is 2.31. The van der Waals surface area contributed by atoms with Crippen LogP contribution in [-0.2, 0) is 7.05 Å². The van der Waals surface area contributed by atoms with Crippen molar-refractivity contribution in [3.8, 4) is 5.69 Å². The van der Waals surface area contributed by atoms with Crippen LogP contribution in [0.2, 0.25) is 0 Å². The summed E-state index contributed by atoms with van der Waals surface area (Å²) >= 11 is 0. The van der Waals surface area contributed by atoms with E-state index in [9.17, 15) is 9.59 Å². The quantitative estimate of drug-likeness (QED) is 0.387. The molecule has 0 atom stereocenters. The molecule has 1 aliphatic heterocycles. The van der Waals surface area contributed by atoms with Crippen LogP contribution in [0.5, 0.6) is 0 Å². The molecule has 2 aliphatic rings. The third kappa shape index (κ3) is 4.32. The third-order valence-corrected chi connectivity index (χ3v) is 7.84. The minimum Gasteiger partial charge on any atom is -0.368 e. The number of imidazole rings is 1. The van der Waals surface area contributed by atoms with Crippen LogP contribution in [-0.4, -0.2) is 55.9 Å². The van der Waals surface area contributed by atoms with Crippen LogP contribution >= 0.6 is 0 Å². The average Bonchev–Trinajstić information content (AvgIpc) is 3.48. The number of hydrogen-bond donors (Lipinski definition) is 0. The average molecular weight is 500 g/mol. The van der Waals surface area contributed by atoms with Gasteiger partial charge in [0, 0.05) is 56.7 Å². The number of fused-ring (bicyclic) bond motifs is 1. The zero-order chi connectivity index (χ0) is 25.5. The number of carbonyl (C=O) groups is 1. The number of aromatic nitrogens is 5. The Morgan fingerprint density at radius 1 is 0.892 bits per heavy atom. The summed E-state index contributed by atoms with van der Waals surface area (Å²) in [6.07, 6.45) is 9.16. The van der Waals surface area contributed by atoms with Gasteiger partial charge in [-0.2, -0.15) is 5.10 Å². The van der Waals surface area contributed by atoms with Crippen molar-refractivity contribution in [1.82, 2.24) is 23.9 Å². The Bertz CT molecular complexity index is 1480. The maximum Gasteiger partial charge on any atom is 0.335 e. The van der Waals surface area contributed by atoms with Crippen LogP contribution in [0.3, 0.4) is 0 Å². The molecule has 1 aliphatic carbocycles. The van der Waals surface area contributed by atoms with Gasteiger partial charge in [-0.1, -0.05) is 19.3 Å². The lowest BCUT2D eigenvalue weighted by atomic mass is 9.95. The molecule has 6 rings (SSSR count). The van der Waals surface area contributed by atoms with Gasteiger partial charge >= 0.3 is 5.69 Å². The van der Waals surface area contributed by atoms with E-state index in [-0.39, 0.29) is 17.5 Å². The van der Waals surface area contributed by atoms with Gasteiger partial charge in [0.1, 0.15) is 5.82 Å². The van der Waals surface area contributed by atoms with Crippen molar-refractivity contribution < 1.29 is 4.79 Å². The predicted molar refractivity (Wildman–Crippen MR) is 145 cm³/mol. The van der Waals surface area contributed by atoms with E-state index >= 15 is 0 Å². The smallest absolute Gasteiger partial charge is 0.335 e. The van der Waals surface area contributed by atoms with Gasteiger partial charge in [0.05, 0.1) is 17.4 Å². The van der Waals surface area contributed by atoms with Gasteiger partial charge in [-0.3, -0.25) is 18.6 Å². The fourth-order valence-corrected chi connectivity index (χ4v) is 5.80. The first kappa shape index (κ1) is 23.5. The Balaban J connectivity index is 1.31. The fourth-order valence-electron chi connectivity index (χ4n) is 5.80. The molecule has 1 aromatic carbocycles. The Labute approximate surface area is 215 Å². The molecule has 1 saturated heterocycles. The Kier molecular flexibility index (Phi) is 6.06. The van der Waals surface area contributed by atoms with E-state index in [0.29, 0.717) is 0 Å². The van der Waals surface area contributed by atoms with E-state index in [1.54, 1.807) is 22.4 Å². The molecule has 0 N–H and O–H groups in total. The van der Waals surface area contributed by atoms with E-state index in [4.69, 9.17) is 4.98 Å². The van der Waals surface area contributed by atoms with Crippen LogP contribution < -0.4 is 15.5 Å². The van der Waals surface area contributed by atoms with Crippen LogP contribution in [0, 0.1) is 0 Å². The summed E-state index contributed by atoms with van der Waals surface area (Å²) in [6.45, 7) is 5.00. The number of anilines is 2. The Morgan fingerprint density at radius 3 is 2.24 bits per heavy atom. The van der Waals surface area contributed by atoms with E-state index in [0.717, 1.165) is 85.8 Å². The monoisotopic (exact) mass is 499 g/mol. The number of nitrogens with zero attached hydrogens (tertiary/aromatic N) is 7. The van der Waals surface area contributed by atoms with Crippen LogP contribution in [0.25, 0.3) is 16.9 Å². The molecule has 0 unspecified atom stereocenters. The lowest BCUT2D eigenvalue weighted by Gasteiger charge is -2.36. The summed E-state index contributed by atoms with van der Waals surface area (Å²) in [7, 11) is 1.86. The Hall–Kier alpha value is -3.88. The van der Waals surface area contributed by atoms with Crippen molar-refractivity contribution >= 4 is 28.5 Å². The summed E-state index contributed by atoms with van der Waals surface area (Å²) in [6, 6.07) is 12.1. The minimum absolute atomic E-state index is 0.0293. The maximum absolute atomic E-state index is 13.8. The van der Waals surface area contributed by atoms with Gasteiger partial charge in [-0.15, -0.1) is 0 Å². The lowest BCUT2D eigenvalue weighted by Crippen LogP contribution is -2.46. The second-order valence-electron chi connectivity index (χ2n) is 10.2. The SMILES string of the molecule is CC(=O)c1ccc(N2CCN(c3ccc4c(n3)n(C3CCCCC3)c(=O)n4-c3cnn(C)c3)CC2)cc1. The molecular formula is C28H33N7O2. The molecule has 4 heterocycles. The normalized spacial score (nSPS) is 17.0. The summed E-state index contributed by atoms with van der Waals surface area (Å²) in [5, 5.41) is 4.30. The van der Waals surface area contributed by atoms with Crippen molar-refractivity contribution in [2.75, 3.05) is 36.0 Å². The van der Waals surface area contributed by atoms with E-state index < -0.39 is 0 Å². The summed E-state index contributed by atoms with van der Waals surface area (Å²) in [4.78, 5) is 35.1. The second-order valence-corrected chi connectivity index (χ2v) is 10.2. The molecule has 2 fully saturated rings. The van der Waals surface area contributed by atoms with Crippen molar-refractivity contribution in [3.05, 3.63) is 64.8 Å². The van der Waals surface area contributed by atoms with E-state index in [1.165, 1.54) is 6.42 Å². The molecule has 3 aromatic heterocycles. The van der Waals surface area contributed by atoms with Crippen LogP contribution in [0.15, 0.2) is 53.6 Å². The molecule has 0 spiro atoms. The molecular weight excluding hydrogens is 466 g/mol. The standard InChI is InChI=1S/C28H33N7O2/c1-20(36)21-8-10-22(11-9-21)32-14-16-33(17-15-32)26-13-12-25-27(30-26)35(23-6-4-3-5-7-23)28(37)34(25)24-18-29-31(2)19-24/h8-13,18-19,23H,3-7,14-17H2,1-2H3. The van der Waals surface area contributed by atoms with Gasteiger partial charge < -0.3 is 9.80 Å².